The average molecular weight is 405 g/mol. The molecule has 1 N–H and O–H groups in total. The topological polar surface area (TPSA) is 12.0 Å². The van der Waals surface area contributed by atoms with Gasteiger partial charge in [-0.15, -0.1) is 0 Å². The Kier molecular flexibility index (Phi) is 4.96. The zero-order valence-corrected chi connectivity index (χ0v) is 12.9. The molecule has 76 valence electrons. The Balaban J connectivity index is 2.81. The van der Waals surface area contributed by atoms with E-state index in [2.05, 4.69) is 49.6 Å². The van der Waals surface area contributed by atoms with Gasteiger partial charge in [0, 0.05) is 0 Å². The van der Waals surface area contributed by atoms with Crippen LogP contribution in [0.5, 0.6) is 0 Å². The van der Waals surface area contributed by atoms with Crippen molar-refractivity contribution in [1.82, 2.24) is 3.53 Å². The standard InChI is InChI=1S/C10H17I2N/c1-11(2)9-5-7-10(8-6-9)12(3)13-4/h5-8,13H,1-4H3. The molecule has 0 atom stereocenters. The van der Waals surface area contributed by atoms with E-state index in [9.17, 15) is 0 Å². The minimum atomic E-state index is -0.989. The van der Waals surface area contributed by atoms with Gasteiger partial charge in [0.05, 0.1) is 0 Å². The Hall–Kier alpha value is 0.640. The Labute approximate surface area is 95.8 Å². The molecule has 0 aliphatic carbocycles. The third-order valence-corrected chi connectivity index (χ3v) is 9.27. The van der Waals surface area contributed by atoms with Gasteiger partial charge >= 0.3 is 96.7 Å². The van der Waals surface area contributed by atoms with E-state index in [4.69, 9.17) is 0 Å². The van der Waals surface area contributed by atoms with Crippen molar-refractivity contribution in [2.24, 2.45) is 0 Å². The SMILES string of the molecule is CNI(C)c1ccc(I(C)C)cc1. The average Bonchev–Trinajstić information content (AvgIpc) is 2.17. The normalized spacial score (nSPS) is 12.6. The van der Waals surface area contributed by atoms with E-state index in [0.29, 0.717) is 0 Å². The molecule has 1 rings (SSSR count). The second kappa shape index (κ2) is 5.50. The van der Waals surface area contributed by atoms with Crippen LogP contribution in [-0.2, 0) is 0 Å². The van der Waals surface area contributed by atoms with Crippen LogP contribution < -0.4 is 3.53 Å². The second-order valence-electron chi connectivity index (χ2n) is 2.85. The van der Waals surface area contributed by atoms with Gasteiger partial charge in [-0.3, -0.25) is 0 Å². The van der Waals surface area contributed by atoms with Crippen LogP contribution in [0.25, 0.3) is 0 Å². The fourth-order valence-electron chi connectivity index (χ4n) is 0.980. The molecule has 0 aliphatic rings. The monoisotopic (exact) mass is 405 g/mol. The van der Waals surface area contributed by atoms with E-state index < -0.39 is 39.9 Å². The minimum absolute atomic E-state index is 0.751. The number of rotatable bonds is 3. The van der Waals surface area contributed by atoms with Crippen molar-refractivity contribution in [3.63, 3.8) is 0 Å². The predicted molar refractivity (Wildman–Crippen MR) is 78.7 cm³/mol. The van der Waals surface area contributed by atoms with Gasteiger partial charge in [0.1, 0.15) is 0 Å². The zero-order valence-electron chi connectivity index (χ0n) is 8.57. The van der Waals surface area contributed by atoms with E-state index in [1.807, 2.05) is 0 Å². The quantitative estimate of drug-likeness (QED) is 0.463. The maximum atomic E-state index is 3.40. The van der Waals surface area contributed by atoms with Crippen LogP contribution >= 0.6 is 39.9 Å². The van der Waals surface area contributed by atoms with Gasteiger partial charge in [-0.1, -0.05) is 0 Å². The van der Waals surface area contributed by atoms with Crippen molar-refractivity contribution in [2.45, 2.75) is 0 Å². The molecule has 0 spiro atoms. The summed E-state index contributed by atoms with van der Waals surface area (Å²) in [7, 11) is 2.07. The molecule has 0 radical (unpaired) electrons. The van der Waals surface area contributed by atoms with Crippen LogP contribution in [-0.4, -0.2) is 21.8 Å². The summed E-state index contributed by atoms with van der Waals surface area (Å²) < 4.78 is 6.53. The summed E-state index contributed by atoms with van der Waals surface area (Å²) in [6.45, 7) is 0. The van der Waals surface area contributed by atoms with Gasteiger partial charge in [0.15, 0.2) is 0 Å². The molecule has 1 aromatic carbocycles. The number of halogens is 2. The van der Waals surface area contributed by atoms with Gasteiger partial charge in [-0.05, 0) is 0 Å². The molecule has 13 heavy (non-hydrogen) atoms. The van der Waals surface area contributed by atoms with E-state index in [1.54, 1.807) is 3.57 Å². The Morgan fingerprint density at radius 1 is 0.923 bits per heavy atom. The molecular weight excluding hydrogens is 388 g/mol. The first-order valence-corrected chi connectivity index (χ1v) is 13.7. The zero-order chi connectivity index (χ0) is 9.84. The third kappa shape index (κ3) is 3.36. The molecule has 0 amide bonds. The molecule has 0 saturated heterocycles. The number of hydrogen-bond acceptors (Lipinski definition) is 1. The van der Waals surface area contributed by atoms with E-state index in [0.717, 1.165) is 0 Å². The summed E-state index contributed by atoms with van der Waals surface area (Å²) in [5.74, 6) is 0. The van der Waals surface area contributed by atoms with Gasteiger partial charge in [0.2, 0.25) is 0 Å². The molecule has 1 aromatic rings. The molecule has 0 bridgehead atoms. The molecule has 3 heteroatoms. The summed E-state index contributed by atoms with van der Waals surface area (Å²) in [5, 5.41) is 0. The molecule has 0 saturated carbocycles. The van der Waals surface area contributed by atoms with Crippen molar-refractivity contribution < 1.29 is 0 Å². The maximum absolute atomic E-state index is 3.40. The molecule has 0 heterocycles. The summed E-state index contributed by atoms with van der Waals surface area (Å²) in [4.78, 5) is 7.12. The molecule has 0 aliphatic heterocycles. The van der Waals surface area contributed by atoms with Crippen molar-refractivity contribution >= 4 is 39.9 Å². The van der Waals surface area contributed by atoms with E-state index in [1.165, 1.54) is 3.57 Å². The van der Waals surface area contributed by atoms with Crippen LogP contribution in [0.1, 0.15) is 0 Å². The van der Waals surface area contributed by atoms with E-state index >= 15 is 0 Å². The number of benzene rings is 1. The molecule has 1 nitrogen and oxygen atoms in total. The first kappa shape index (κ1) is 11.7. The third-order valence-electron chi connectivity index (χ3n) is 1.85. The van der Waals surface area contributed by atoms with E-state index in [-0.39, 0.29) is 0 Å². The Bertz CT molecular complexity index is 256. The molecule has 0 unspecified atom stereocenters. The van der Waals surface area contributed by atoms with Gasteiger partial charge in [0.25, 0.3) is 0 Å². The van der Waals surface area contributed by atoms with Crippen LogP contribution in [0.15, 0.2) is 24.3 Å². The van der Waals surface area contributed by atoms with Crippen molar-refractivity contribution in [1.29, 1.82) is 0 Å². The number of alkyl halides is 3. The van der Waals surface area contributed by atoms with Crippen LogP contribution in [0, 0.1) is 7.14 Å². The number of hydrogen-bond donors (Lipinski definition) is 1. The number of nitrogens with one attached hydrogen (secondary N) is 1. The Morgan fingerprint density at radius 2 is 1.38 bits per heavy atom. The van der Waals surface area contributed by atoms with Crippen LogP contribution in [0.3, 0.4) is 0 Å². The molecule has 0 fully saturated rings. The first-order valence-electron chi connectivity index (χ1n) is 4.02. The predicted octanol–water partition coefficient (Wildman–Crippen LogP) is 3.06. The van der Waals surface area contributed by atoms with Crippen molar-refractivity contribution in [3.8, 4) is 0 Å². The molecule has 0 aromatic heterocycles. The van der Waals surface area contributed by atoms with Gasteiger partial charge in [-0.25, -0.2) is 0 Å². The van der Waals surface area contributed by atoms with Gasteiger partial charge < -0.3 is 0 Å². The fraction of sp³-hybridized carbons (Fsp3) is 0.400. The van der Waals surface area contributed by atoms with Gasteiger partial charge in [-0.2, -0.15) is 0 Å². The summed E-state index contributed by atoms with van der Waals surface area (Å²) in [6.07, 6.45) is 0. The van der Waals surface area contributed by atoms with Crippen LogP contribution in [0.4, 0.5) is 0 Å². The first-order chi connectivity index (χ1) is 6.15. The second-order valence-corrected chi connectivity index (χ2v) is 13.4. The van der Waals surface area contributed by atoms with Crippen molar-refractivity contribution in [3.05, 3.63) is 31.4 Å². The van der Waals surface area contributed by atoms with Crippen molar-refractivity contribution in [2.75, 3.05) is 21.8 Å². The Morgan fingerprint density at radius 3 is 1.77 bits per heavy atom. The molecular formula is C10H17I2N. The summed E-state index contributed by atoms with van der Waals surface area (Å²) in [6, 6.07) is 9.28. The fourth-order valence-corrected chi connectivity index (χ4v) is 4.84. The van der Waals surface area contributed by atoms with Crippen LogP contribution in [0.2, 0.25) is 0 Å². The summed E-state index contributed by atoms with van der Waals surface area (Å²) in [5.41, 5.74) is 0. The summed E-state index contributed by atoms with van der Waals surface area (Å²) >= 11 is -1.74.